The molecule has 1 aliphatic carbocycles. The van der Waals surface area contributed by atoms with Crippen molar-refractivity contribution in [1.82, 2.24) is 5.32 Å². The van der Waals surface area contributed by atoms with Gasteiger partial charge in [0.15, 0.2) is 0 Å². The summed E-state index contributed by atoms with van der Waals surface area (Å²) in [5.41, 5.74) is 0.771. The molecule has 2 unspecified atom stereocenters. The first-order valence-electron chi connectivity index (χ1n) is 7.23. The Morgan fingerprint density at radius 2 is 1.74 bits per heavy atom. The van der Waals surface area contributed by atoms with E-state index in [9.17, 15) is 10.2 Å². The molecule has 106 valence electrons. The van der Waals surface area contributed by atoms with Crippen LogP contribution in [0.25, 0.3) is 0 Å². The van der Waals surface area contributed by atoms with Crippen LogP contribution in [0.3, 0.4) is 0 Å². The summed E-state index contributed by atoms with van der Waals surface area (Å²) in [4.78, 5) is 0. The summed E-state index contributed by atoms with van der Waals surface area (Å²) in [7, 11) is 0. The maximum absolute atomic E-state index is 9.45. The maximum atomic E-state index is 9.45. The highest BCUT2D eigenvalue weighted by Gasteiger charge is 2.32. The van der Waals surface area contributed by atoms with Crippen molar-refractivity contribution in [3.05, 3.63) is 35.9 Å². The van der Waals surface area contributed by atoms with Gasteiger partial charge < -0.3 is 15.5 Å². The molecule has 0 saturated heterocycles. The number of benzene rings is 1. The van der Waals surface area contributed by atoms with Gasteiger partial charge in [-0.05, 0) is 31.2 Å². The molecule has 1 aromatic rings. The lowest BCUT2D eigenvalue weighted by Gasteiger charge is -2.39. The number of aliphatic hydroxyl groups is 2. The van der Waals surface area contributed by atoms with Gasteiger partial charge in [-0.1, -0.05) is 43.2 Å². The molecule has 3 heteroatoms. The fourth-order valence-corrected chi connectivity index (χ4v) is 2.99. The lowest BCUT2D eigenvalue weighted by atomic mass is 9.79. The highest BCUT2D eigenvalue weighted by molar-refractivity contribution is 5.22. The maximum Gasteiger partial charge on any atom is 0.0633 e. The molecular formula is C16H25NO2. The zero-order valence-electron chi connectivity index (χ0n) is 11.7. The van der Waals surface area contributed by atoms with Gasteiger partial charge in [-0.15, -0.1) is 0 Å². The number of aliphatic hydroxyl groups excluding tert-OH is 2. The van der Waals surface area contributed by atoms with E-state index in [1.54, 1.807) is 0 Å². The lowest BCUT2D eigenvalue weighted by Crippen LogP contribution is -2.55. The highest BCUT2D eigenvalue weighted by Crippen LogP contribution is 2.33. The Morgan fingerprint density at radius 3 is 2.37 bits per heavy atom. The van der Waals surface area contributed by atoms with E-state index in [2.05, 4.69) is 29.6 Å². The second-order valence-electron chi connectivity index (χ2n) is 5.93. The van der Waals surface area contributed by atoms with E-state index >= 15 is 0 Å². The van der Waals surface area contributed by atoms with Crippen LogP contribution in [0.1, 0.15) is 44.1 Å². The van der Waals surface area contributed by atoms with Crippen molar-refractivity contribution in [2.24, 2.45) is 0 Å². The van der Waals surface area contributed by atoms with Gasteiger partial charge in [0, 0.05) is 6.04 Å². The van der Waals surface area contributed by atoms with E-state index in [-0.39, 0.29) is 13.2 Å². The minimum Gasteiger partial charge on any atom is -0.394 e. The topological polar surface area (TPSA) is 52.5 Å². The third-order valence-electron chi connectivity index (χ3n) is 4.23. The summed E-state index contributed by atoms with van der Waals surface area (Å²) in [5.74, 6) is 0.479. The Balaban J connectivity index is 2.12. The summed E-state index contributed by atoms with van der Waals surface area (Å²) < 4.78 is 0. The molecule has 3 N–H and O–H groups in total. The molecule has 1 saturated carbocycles. The van der Waals surface area contributed by atoms with Crippen molar-refractivity contribution in [2.75, 3.05) is 13.2 Å². The SMILES string of the molecule is CC(CO)(CO)NC1CCCCC1c1ccccc1. The molecule has 1 fully saturated rings. The second kappa shape index (κ2) is 6.51. The molecule has 2 rings (SSSR count). The smallest absolute Gasteiger partial charge is 0.0633 e. The third kappa shape index (κ3) is 3.56. The second-order valence-corrected chi connectivity index (χ2v) is 5.93. The number of nitrogens with one attached hydrogen (secondary N) is 1. The van der Waals surface area contributed by atoms with Crippen molar-refractivity contribution in [2.45, 2.75) is 50.1 Å². The molecule has 0 aliphatic heterocycles. The van der Waals surface area contributed by atoms with Crippen LogP contribution in [0.5, 0.6) is 0 Å². The summed E-state index contributed by atoms with van der Waals surface area (Å²) in [6.07, 6.45) is 4.75. The van der Waals surface area contributed by atoms with Crippen molar-refractivity contribution in [1.29, 1.82) is 0 Å². The van der Waals surface area contributed by atoms with Crippen LogP contribution in [0.15, 0.2) is 30.3 Å². The van der Waals surface area contributed by atoms with Gasteiger partial charge in [-0.3, -0.25) is 0 Å². The van der Waals surface area contributed by atoms with Gasteiger partial charge in [0.05, 0.1) is 18.8 Å². The molecule has 2 atom stereocenters. The third-order valence-corrected chi connectivity index (χ3v) is 4.23. The summed E-state index contributed by atoms with van der Waals surface area (Å²) >= 11 is 0. The molecule has 3 nitrogen and oxygen atoms in total. The molecule has 0 spiro atoms. The first-order chi connectivity index (χ1) is 9.18. The number of hydrogen-bond donors (Lipinski definition) is 3. The lowest BCUT2D eigenvalue weighted by molar-refractivity contribution is 0.0845. The van der Waals surface area contributed by atoms with Crippen LogP contribution in [-0.4, -0.2) is 35.0 Å². The van der Waals surface area contributed by atoms with E-state index in [0.29, 0.717) is 12.0 Å². The molecule has 0 radical (unpaired) electrons. The summed E-state index contributed by atoms with van der Waals surface area (Å²) in [5, 5.41) is 22.4. The van der Waals surface area contributed by atoms with Gasteiger partial charge in [0.25, 0.3) is 0 Å². The Morgan fingerprint density at radius 1 is 1.11 bits per heavy atom. The quantitative estimate of drug-likeness (QED) is 0.762. The Kier molecular flexibility index (Phi) is 4.97. The van der Waals surface area contributed by atoms with E-state index in [4.69, 9.17) is 0 Å². The fourth-order valence-electron chi connectivity index (χ4n) is 2.99. The van der Waals surface area contributed by atoms with Crippen molar-refractivity contribution in [3.63, 3.8) is 0 Å². The van der Waals surface area contributed by atoms with Crippen LogP contribution >= 0.6 is 0 Å². The molecule has 0 amide bonds. The normalized spacial score (nSPS) is 24.4. The van der Waals surface area contributed by atoms with Crippen molar-refractivity contribution in [3.8, 4) is 0 Å². The van der Waals surface area contributed by atoms with Gasteiger partial charge in [-0.2, -0.15) is 0 Å². The number of rotatable bonds is 5. The van der Waals surface area contributed by atoms with Crippen LogP contribution < -0.4 is 5.32 Å². The summed E-state index contributed by atoms with van der Waals surface area (Å²) in [6.45, 7) is 1.80. The molecule has 1 aliphatic rings. The minimum atomic E-state index is -0.588. The number of hydrogen-bond acceptors (Lipinski definition) is 3. The highest BCUT2D eigenvalue weighted by atomic mass is 16.3. The zero-order chi connectivity index (χ0) is 13.7. The van der Waals surface area contributed by atoms with Crippen molar-refractivity contribution < 1.29 is 10.2 Å². The van der Waals surface area contributed by atoms with Gasteiger partial charge in [0.2, 0.25) is 0 Å². The Hall–Kier alpha value is -0.900. The monoisotopic (exact) mass is 263 g/mol. The van der Waals surface area contributed by atoms with Gasteiger partial charge in [0.1, 0.15) is 0 Å². The zero-order valence-corrected chi connectivity index (χ0v) is 11.7. The van der Waals surface area contributed by atoms with Gasteiger partial charge in [-0.25, -0.2) is 0 Å². The molecule has 0 aromatic heterocycles. The van der Waals surface area contributed by atoms with Gasteiger partial charge >= 0.3 is 0 Å². The van der Waals surface area contributed by atoms with E-state index in [1.165, 1.54) is 24.8 Å². The predicted molar refractivity (Wildman–Crippen MR) is 77.2 cm³/mol. The van der Waals surface area contributed by atoms with E-state index in [1.807, 2.05) is 13.0 Å². The Labute approximate surface area is 115 Å². The first kappa shape index (κ1) is 14.5. The molecular weight excluding hydrogens is 238 g/mol. The van der Waals surface area contributed by atoms with E-state index < -0.39 is 5.54 Å². The molecule has 19 heavy (non-hydrogen) atoms. The fraction of sp³-hybridized carbons (Fsp3) is 0.625. The van der Waals surface area contributed by atoms with Crippen LogP contribution in [0, 0.1) is 0 Å². The first-order valence-corrected chi connectivity index (χ1v) is 7.23. The summed E-state index contributed by atoms with van der Waals surface area (Å²) in [6, 6.07) is 10.9. The minimum absolute atomic E-state index is 0.0402. The molecule has 0 bridgehead atoms. The molecule has 0 heterocycles. The molecule has 1 aromatic carbocycles. The largest absolute Gasteiger partial charge is 0.394 e. The standard InChI is InChI=1S/C16H25NO2/c1-16(11-18,12-19)17-15-10-6-5-9-14(15)13-7-3-2-4-8-13/h2-4,7-8,14-15,17-19H,5-6,9-12H2,1H3. The van der Waals surface area contributed by atoms with Crippen LogP contribution in [0.4, 0.5) is 0 Å². The van der Waals surface area contributed by atoms with E-state index in [0.717, 1.165) is 6.42 Å². The van der Waals surface area contributed by atoms with Crippen LogP contribution in [-0.2, 0) is 0 Å². The predicted octanol–water partition coefficient (Wildman–Crippen LogP) is 2.05. The average molecular weight is 263 g/mol. The average Bonchev–Trinajstić information content (AvgIpc) is 2.48. The van der Waals surface area contributed by atoms with Crippen molar-refractivity contribution >= 4 is 0 Å². The van der Waals surface area contributed by atoms with Crippen LogP contribution in [0.2, 0.25) is 0 Å². The Bertz CT molecular complexity index is 376.